The Morgan fingerprint density at radius 1 is 0.900 bits per heavy atom. The first-order chi connectivity index (χ1) is 13.1. The first kappa shape index (κ1) is 25.4. The summed E-state index contributed by atoms with van der Waals surface area (Å²) in [7, 11) is -3.60. The summed E-state index contributed by atoms with van der Waals surface area (Å²) in [6.07, 6.45) is 2.28. The van der Waals surface area contributed by atoms with Crippen LogP contribution < -0.4 is 35.8 Å². The van der Waals surface area contributed by atoms with Gasteiger partial charge in [-0.1, -0.05) is 0 Å². The van der Waals surface area contributed by atoms with Gasteiger partial charge in [0.2, 0.25) is 0 Å². The Morgan fingerprint density at radius 2 is 1.50 bits per heavy atom. The maximum absolute atomic E-state index is 13.4. The topological polar surface area (TPSA) is 46.2 Å². The molecule has 1 aliphatic heterocycles. The summed E-state index contributed by atoms with van der Waals surface area (Å²) in [5.41, 5.74) is 6.02. The van der Waals surface area contributed by atoms with E-state index in [0.29, 0.717) is 4.90 Å². The zero-order valence-corrected chi connectivity index (χ0v) is 22.0. The fourth-order valence-corrected chi connectivity index (χ4v) is 17.3. The van der Waals surface area contributed by atoms with Gasteiger partial charge in [0, 0.05) is 0 Å². The summed E-state index contributed by atoms with van der Waals surface area (Å²) in [6, 6.07) is 11.5. The van der Waals surface area contributed by atoms with E-state index in [2.05, 4.69) is 56.0 Å². The molecule has 3 nitrogen and oxygen atoms in total. The number of sulfonamides is 1. The third-order valence-electron chi connectivity index (χ3n) is 6.17. The quantitative estimate of drug-likeness (QED) is 0.485. The van der Waals surface area contributed by atoms with E-state index in [0.717, 1.165) is 5.56 Å². The second-order valence-corrected chi connectivity index (χ2v) is 15.8. The van der Waals surface area contributed by atoms with Gasteiger partial charge >= 0.3 is 173 Å². The van der Waals surface area contributed by atoms with Crippen LogP contribution in [-0.2, 0) is 26.9 Å². The van der Waals surface area contributed by atoms with E-state index >= 15 is 0 Å². The molecule has 30 heavy (non-hydrogen) atoms. The van der Waals surface area contributed by atoms with Crippen molar-refractivity contribution < 1.29 is 50.1 Å². The Hall–Kier alpha value is -0.876. The van der Waals surface area contributed by atoms with E-state index in [4.69, 9.17) is 0 Å². The monoisotopic (exact) mass is 499 g/mol. The molecule has 2 unspecified atom stereocenters. The van der Waals surface area contributed by atoms with Gasteiger partial charge in [-0.15, -0.1) is 0 Å². The zero-order chi connectivity index (χ0) is 20.4. The van der Waals surface area contributed by atoms with Gasteiger partial charge in [0.05, 0.1) is 0 Å². The van der Waals surface area contributed by atoms with Crippen molar-refractivity contribution in [3.8, 4) is 0 Å². The van der Waals surface area contributed by atoms with Crippen molar-refractivity contribution in [1.29, 1.82) is 0 Å². The van der Waals surface area contributed by atoms with E-state index in [1.165, 1.54) is 33.9 Å². The van der Waals surface area contributed by atoms with Crippen LogP contribution in [0.25, 0.3) is 0 Å². The number of allylic oxidation sites excluding steroid dienone is 4. The maximum Gasteiger partial charge on any atom is -1.00 e. The third kappa shape index (κ3) is 3.87. The fourth-order valence-electron chi connectivity index (χ4n) is 4.85. The van der Waals surface area contributed by atoms with Crippen LogP contribution in [0.1, 0.15) is 37.5 Å². The van der Waals surface area contributed by atoms with E-state index in [9.17, 15) is 8.42 Å². The summed E-state index contributed by atoms with van der Waals surface area (Å²) in [5.74, 6) is 0.271. The molecule has 0 bridgehead atoms. The van der Waals surface area contributed by atoms with E-state index in [-0.39, 0.29) is 30.7 Å². The average molecular weight is 500 g/mol. The molecule has 2 aromatic rings. The summed E-state index contributed by atoms with van der Waals surface area (Å²) in [4.78, 5) is 0.351. The van der Waals surface area contributed by atoms with Gasteiger partial charge in [-0.25, -0.2) is 0 Å². The van der Waals surface area contributed by atoms with Crippen LogP contribution in [-0.4, -0.2) is 8.42 Å². The molecule has 4 rings (SSSR count). The maximum atomic E-state index is 13.4. The standard InChI is InChI=1S/C8H11.C8H8.C7H8NO2S.2ClH.Ti/c1-6-4-7(2)8(3)5-6;1-7-4-3-5-8(2)6-7;1-6-2-4-7(5-3-6)11(8,9)10;;;/h4,6H,1-3H3;4,6H,1-2H3;2-5H,1H3,(H-,8,9,10);2*1H;/q;;-1;;;+3/p-2. The molecule has 0 fully saturated rings. The first-order valence-corrected chi connectivity index (χ1v) is 14.3. The van der Waals surface area contributed by atoms with Gasteiger partial charge in [0.25, 0.3) is 0 Å². The molecule has 0 radical (unpaired) electrons. The van der Waals surface area contributed by atoms with Gasteiger partial charge in [0.1, 0.15) is 0 Å². The first-order valence-electron chi connectivity index (χ1n) is 9.71. The number of rotatable bonds is 4. The predicted molar refractivity (Wildman–Crippen MR) is 112 cm³/mol. The van der Waals surface area contributed by atoms with Crippen molar-refractivity contribution in [2.75, 3.05) is 0 Å². The molecule has 2 aromatic carbocycles. The SMILES string of the molecule is CC1=CC(C)[C]([Ti+2]2([NH]S(=O)(=O)c3ccc(C)cc3)[c]3cc(C)cc(C)[c]32)=C1C.[Cl-].[Cl-]. The van der Waals surface area contributed by atoms with Crippen molar-refractivity contribution >= 4 is 17.8 Å². The molecule has 0 saturated heterocycles. The largest absolute Gasteiger partial charge is 1.00 e. The van der Waals surface area contributed by atoms with Crippen LogP contribution in [0, 0.1) is 26.7 Å². The van der Waals surface area contributed by atoms with Crippen LogP contribution in [0.3, 0.4) is 0 Å². The van der Waals surface area contributed by atoms with Gasteiger partial charge in [-0.05, 0) is 0 Å². The van der Waals surface area contributed by atoms with Crippen LogP contribution >= 0.6 is 0 Å². The number of nitrogens with one attached hydrogen (secondary N) is 1. The minimum Gasteiger partial charge on any atom is -1.00 e. The van der Waals surface area contributed by atoms with Crippen molar-refractivity contribution in [3.63, 3.8) is 0 Å². The van der Waals surface area contributed by atoms with Crippen LogP contribution in [0.15, 0.2) is 62.4 Å². The molecule has 1 heterocycles. The molecular formula is C23H27Cl2NO2STi. The number of fused-ring (bicyclic) bond motifs is 1. The van der Waals surface area contributed by atoms with E-state index < -0.39 is 26.9 Å². The van der Waals surface area contributed by atoms with Crippen molar-refractivity contribution in [3.05, 3.63) is 74.2 Å². The second-order valence-electron chi connectivity index (χ2n) is 8.35. The Kier molecular flexibility index (Phi) is 7.26. The molecule has 1 aliphatic carbocycles. The van der Waals surface area contributed by atoms with Gasteiger partial charge in [-0.3, -0.25) is 0 Å². The van der Waals surface area contributed by atoms with Gasteiger partial charge in [-0.2, -0.15) is 0 Å². The average Bonchev–Trinajstić information content (AvgIpc) is 3.12. The summed E-state index contributed by atoms with van der Waals surface area (Å²) in [6.45, 7) is 12.7. The Bertz CT molecular complexity index is 1170. The van der Waals surface area contributed by atoms with Crippen LogP contribution in [0.5, 0.6) is 0 Å². The molecule has 2 atom stereocenters. The van der Waals surface area contributed by atoms with Gasteiger partial charge in [0.15, 0.2) is 0 Å². The minimum absolute atomic E-state index is 0. The summed E-state index contributed by atoms with van der Waals surface area (Å²) >= 11 is -3.31. The smallest absolute Gasteiger partial charge is 1.00 e. The molecule has 2 aliphatic rings. The molecule has 0 saturated carbocycles. The number of halogens is 2. The van der Waals surface area contributed by atoms with E-state index in [1.807, 2.05) is 19.1 Å². The minimum atomic E-state index is -3.60. The number of hydrogen-bond acceptors (Lipinski definition) is 2. The molecule has 0 spiro atoms. The van der Waals surface area contributed by atoms with Crippen molar-refractivity contribution in [2.24, 2.45) is 5.92 Å². The molecule has 0 amide bonds. The van der Waals surface area contributed by atoms with Crippen molar-refractivity contribution in [1.82, 2.24) is 3.20 Å². The Balaban J connectivity index is 0.00000160. The summed E-state index contributed by atoms with van der Waals surface area (Å²) in [5, 5.41) is 0. The Labute approximate surface area is 196 Å². The number of benzene rings is 2. The molecular weight excluding hydrogens is 473 g/mol. The van der Waals surface area contributed by atoms with E-state index in [1.54, 1.807) is 12.1 Å². The van der Waals surface area contributed by atoms with Gasteiger partial charge < -0.3 is 24.8 Å². The predicted octanol–water partition coefficient (Wildman–Crippen LogP) is -2.20. The molecule has 0 aromatic heterocycles. The number of hydrogen-bond donors (Lipinski definition) is 1. The normalized spacial score (nSPS) is 19.9. The molecule has 7 heteroatoms. The third-order valence-corrected chi connectivity index (χ3v) is 16.6. The second kappa shape index (κ2) is 8.57. The fraction of sp³-hybridized carbons (Fsp3) is 0.304. The zero-order valence-electron chi connectivity index (χ0n) is 18.1. The molecule has 1 N–H and O–H groups in total. The van der Waals surface area contributed by atoms with Crippen LogP contribution in [0.4, 0.5) is 0 Å². The summed E-state index contributed by atoms with van der Waals surface area (Å²) < 4.78 is 34.0. The molecule has 160 valence electrons. The number of aryl methyl sites for hydroxylation is 3. The Morgan fingerprint density at radius 3 is 2.03 bits per heavy atom. The van der Waals surface area contributed by atoms with Crippen LogP contribution in [0.2, 0.25) is 0 Å². The van der Waals surface area contributed by atoms with Crippen molar-refractivity contribution in [2.45, 2.75) is 46.4 Å².